The molecule has 23 heavy (non-hydrogen) atoms. The summed E-state index contributed by atoms with van der Waals surface area (Å²) in [6, 6.07) is 7.91. The second-order valence-electron chi connectivity index (χ2n) is 6.66. The minimum atomic E-state index is 0. The summed E-state index contributed by atoms with van der Waals surface area (Å²) in [4.78, 5) is 12.3. The molecule has 2 saturated carbocycles. The van der Waals surface area contributed by atoms with E-state index in [1.807, 2.05) is 24.3 Å². The van der Waals surface area contributed by atoms with Gasteiger partial charge < -0.3 is 15.8 Å². The van der Waals surface area contributed by atoms with Crippen molar-refractivity contribution in [2.75, 3.05) is 5.32 Å². The lowest BCUT2D eigenvalue weighted by atomic mass is 9.85. The second kappa shape index (κ2) is 8.55. The van der Waals surface area contributed by atoms with E-state index in [1.165, 1.54) is 12.8 Å². The predicted molar refractivity (Wildman–Crippen MR) is 95.1 cm³/mol. The van der Waals surface area contributed by atoms with Gasteiger partial charge in [-0.25, -0.2) is 0 Å². The van der Waals surface area contributed by atoms with E-state index < -0.39 is 0 Å². The van der Waals surface area contributed by atoms with Crippen LogP contribution in [0.3, 0.4) is 0 Å². The predicted octanol–water partition coefficient (Wildman–Crippen LogP) is 3.89. The van der Waals surface area contributed by atoms with Gasteiger partial charge in [0.15, 0.2) is 0 Å². The lowest BCUT2D eigenvalue weighted by Crippen LogP contribution is -2.34. The Morgan fingerprint density at radius 3 is 2.39 bits per heavy atom. The Hall–Kier alpha value is -1.26. The number of benzene rings is 1. The molecule has 1 aromatic rings. The number of anilines is 1. The van der Waals surface area contributed by atoms with E-state index in [4.69, 9.17) is 10.5 Å². The molecule has 128 valence electrons. The molecule has 3 N–H and O–H groups in total. The summed E-state index contributed by atoms with van der Waals surface area (Å²) >= 11 is 0. The topological polar surface area (TPSA) is 64.4 Å². The average molecular weight is 339 g/mol. The first-order chi connectivity index (χ1) is 10.7. The van der Waals surface area contributed by atoms with Crippen LogP contribution in [0, 0.1) is 5.92 Å². The maximum Gasteiger partial charge on any atom is 0.227 e. The number of rotatable bonds is 4. The minimum absolute atomic E-state index is 0. The van der Waals surface area contributed by atoms with Gasteiger partial charge >= 0.3 is 0 Å². The van der Waals surface area contributed by atoms with Crippen LogP contribution in [0.4, 0.5) is 5.69 Å². The molecule has 2 unspecified atom stereocenters. The molecule has 0 aliphatic heterocycles. The fourth-order valence-corrected chi connectivity index (χ4v) is 3.53. The molecule has 0 radical (unpaired) electrons. The Kier molecular flexibility index (Phi) is 6.72. The first-order valence-electron chi connectivity index (χ1n) is 8.54. The van der Waals surface area contributed by atoms with Crippen molar-refractivity contribution >= 4 is 24.0 Å². The van der Waals surface area contributed by atoms with Gasteiger partial charge in [-0.15, -0.1) is 12.4 Å². The molecule has 2 aliphatic carbocycles. The molecule has 0 heterocycles. The quantitative estimate of drug-likeness (QED) is 0.875. The fourth-order valence-electron chi connectivity index (χ4n) is 3.53. The van der Waals surface area contributed by atoms with Crippen LogP contribution in [0.1, 0.15) is 51.4 Å². The third-order valence-corrected chi connectivity index (χ3v) is 4.81. The van der Waals surface area contributed by atoms with Crippen LogP contribution in [-0.4, -0.2) is 18.1 Å². The highest BCUT2D eigenvalue weighted by molar-refractivity contribution is 5.92. The van der Waals surface area contributed by atoms with Crippen molar-refractivity contribution < 1.29 is 9.53 Å². The summed E-state index contributed by atoms with van der Waals surface area (Å²) in [7, 11) is 0. The highest BCUT2D eigenvalue weighted by Crippen LogP contribution is 2.27. The van der Waals surface area contributed by atoms with Gasteiger partial charge in [-0.3, -0.25) is 4.79 Å². The number of hydrogen-bond donors (Lipinski definition) is 2. The molecule has 0 spiro atoms. The van der Waals surface area contributed by atoms with E-state index in [2.05, 4.69) is 5.32 Å². The lowest BCUT2D eigenvalue weighted by molar-refractivity contribution is -0.120. The van der Waals surface area contributed by atoms with E-state index in [0.717, 1.165) is 50.0 Å². The second-order valence-corrected chi connectivity index (χ2v) is 6.66. The van der Waals surface area contributed by atoms with Gasteiger partial charge in [0, 0.05) is 17.6 Å². The summed E-state index contributed by atoms with van der Waals surface area (Å²) in [5, 5.41) is 3.00. The zero-order valence-corrected chi connectivity index (χ0v) is 14.3. The number of halogens is 1. The number of ether oxygens (including phenoxy) is 1. The molecule has 4 nitrogen and oxygen atoms in total. The third-order valence-electron chi connectivity index (χ3n) is 4.81. The number of hydrogen-bond acceptors (Lipinski definition) is 3. The van der Waals surface area contributed by atoms with E-state index in [0.29, 0.717) is 6.10 Å². The molecule has 3 rings (SSSR count). The van der Waals surface area contributed by atoms with Crippen LogP contribution >= 0.6 is 12.4 Å². The van der Waals surface area contributed by atoms with Gasteiger partial charge in [-0.2, -0.15) is 0 Å². The maximum absolute atomic E-state index is 12.3. The highest BCUT2D eigenvalue weighted by Gasteiger charge is 2.25. The molecule has 0 saturated heterocycles. The Balaban J connectivity index is 0.00000192. The van der Waals surface area contributed by atoms with Gasteiger partial charge in [0.1, 0.15) is 5.75 Å². The lowest BCUT2D eigenvalue weighted by Gasteiger charge is -2.25. The molecule has 1 aromatic carbocycles. The normalized spacial score (nSPS) is 24.7. The monoisotopic (exact) mass is 338 g/mol. The van der Waals surface area contributed by atoms with Gasteiger partial charge in [-0.1, -0.05) is 6.42 Å². The van der Waals surface area contributed by atoms with Gasteiger partial charge in [0.25, 0.3) is 0 Å². The first-order valence-corrected chi connectivity index (χ1v) is 8.54. The smallest absolute Gasteiger partial charge is 0.227 e. The molecule has 2 aliphatic rings. The van der Waals surface area contributed by atoms with Crippen molar-refractivity contribution in [3.63, 3.8) is 0 Å². The Morgan fingerprint density at radius 2 is 1.74 bits per heavy atom. The maximum atomic E-state index is 12.3. The van der Waals surface area contributed by atoms with Crippen LogP contribution in [0.25, 0.3) is 0 Å². The van der Waals surface area contributed by atoms with Crippen molar-refractivity contribution in [3.05, 3.63) is 24.3 Å². The van der Waals surface area contributed by atoms with E-state index >= 15 is 0 Å². The van der Waals surface area contributed by atoms with Crippen molar-refractivity contribution in [1.29, 1.82) is 0 Å². The highest BCUT2D eigenvalue weighted by atomic mass is 35.5. The van der Waals surface area contributed by atoms with Crippen molar-refractivity contribution in [2.45, 2.75) is 63.5 Å². The molecule has 2 atom stereocenters. The molecule has 0 bridgehead atoms. The Bertz CT molecular complexity index is 500. The number of carbonyl (C=O) groups excluding carboxylic acids is 1. The van der Waals surface area contributed by atoms with Crippen LogP contribution in [0.5, 0.6) is 5.75 Å². The summed E-state index contributed by atoms with van der Waals surface area (Å²) in [5.41, 5.74) is 6.79. The fraction of sp³-hybridized carbons (Fsp3) is 0.611. The third kappa shape index (κ3) is 5.11. The molecule has 5 heteroatoms. The van der Waals surface area contributed by atoms with Crippen LogP contribution in [0.15, 0.2) is 24.3 Å². The Labute approximate surface area is 144 Å². The Morgan fingerprint density at radius 1 is 1.04 bits per heavy atom. The van der Waals surface area contributed by atoms with Gasteiger partial charge in [-0.05, 0) is 69.2 Å². The molecule has 0 aromatic heterocycles. The number of amides is 1. The summed E-state index contributed by atoms with van der Waals surface area (Å²) in [5.74, 6) is 1.04. The zero-order valence-electron chi connectivity index (χ0n) is 13.5. The van der Waals surface area contributed by atoms with Gasteiger partial charge in [0.05, 0.1) is 6.10 Å². The standard InChI is InChI=1S/C18H26N2O2.ClH/c19-14-5-3-4-13(12-14)18(21)20-15-8-10-17(11-9-15)22-16-6-1-2-7-16;/h8-11,13-14,16H,1-7,12,19H2,(H,20,21);1H. The molecular weight excluding hydrogens is 312 g/mol. The largest absolute Gasteiger partial charge is 0.490 e. The van der Waals surface area contributed by atoms with E-state index in [1.54, 1.807) is 0 Å². The van der Waals surface area contributed by atoms with E-state index in [-0.39, 0.29) is 30.3 Å². The number of carbonyl (C=O) groups is 1. The first kappa shape index (κ1) is 18.1. The summed E-state index contributed by atoms with van der Waals surface area (Å²) in [6.45, 7) is 0. The van der Waals surface area contributed by atoms with Crippen molar-refractivity contribution in [1.82, 2.24) is 0 Å². The summed E-state index contributed by atoms with van der Waals surface area (Å²) in [6.07, 6.45) is 9.04. The SMILES string of the molecule is Cl.NC1CCCC(C(=O)Nc2ccc(OC3CCCC3)cc2)C1. The van der Waals surface area contributed by atoms with Crippen LogP contribution in [0.2, 0.25) is 0 Å². The molecular formula is C18H27ClN2O2. The van der Waals surface area contributed by atoms with Crippen LogP contribution in [-0.2, 0) is 4.79 Å². The molecule has 1 amide bonds. The number of nitrogens with two attached hydrogens (primary N) is 1. The zero-order chi connectivity index (χ0) is 15.4. The number of nitrogens with one attached hydrogen (secondary N) is 1. The average Bonchev–Trinajstić information content (AvgIpc) is 3.02. The van der Waals surface area contributed by atoms with Crippen molar-refractivity contribution in [2.24, 2.45) is 11.7 Å². The van der Waals surface area contributed by atoms with Gasteiger partial charge in [0.2, 0.25) is 5.91 Å². The van der Waals surface area contributed by atoms with Crippen LogP contribution < -0.4 is 15.8 Å². The van der Waals surface area contributed by atoms with E-state index in [9.17, 15) is 4.79 Å². The molecule has 2 fully saturated rings. The van der Waals surface area contributed by atoms with Crippen molar-refractivity contribution in [3.8, 4) is 5.75 Å². The summed E-state index contributed by atoms with van der Waals surface area (Å²) < 4.78 is 5.94. The minimum Gasteiger partial charge on any atom is -0.490 e.